The van der Waals surface area contributed by atoms with E-state index in [0.717, 1.165) is 31.7 Å². The van der Waals surface area contributed by atoms with Crippen LogP contribution >= 0.6 is 11.8 Å². The number of hydrogen-bond donors (Lipinski definition) is 0. The second-order valence-electron chi connectivity index (χ2n) is 10.6. The molecule has 2 saturated heterocycles. The van der Waals surface area contributed by atoms with Gasteiger partial charge in [0.25, 0.3) is 0 Å². The minimum Gasteiger partial charge on any atom is -0.501 e. The van der Waals surface area contributed by atoms with Gasteiger partial charge < -0.3 is 19.4 Å². The average Bonchev–Trinajstić information content (AvgIpc) is 3.12. The van der Waals surface area contributed by atoms with Crippen LogP contribution in [0.1, 0.15) is 80.1 Å². The Morgan fingerprint density at radius 2 is 1.79 bits per heavy atom. The predicted octanol–water partition coefficient (Wildman–Crippen LogP) is 7.67. The molecule has 2 atom stereocenters. The summed E-state index contributed by atoms with van der Waals surface area (Å²) in [6.07, 6.45) is 24.8. The van der Waals surface area contributed by atoms with Gasteiger partial charge in [-0.2, -0.15) is 0 Å². The molecule has 2 bridgehead atoms. The number of piperidine rings is 1. The maximum absolute atomic E-state index is 10.5. The zero-order valence-electron chi connectivity index (χ0n) is 26.0. The number of amides is 1. The molecule has 3 rings (SSSR count). The van der Waals surface area contributed by atoms with E-state index in [9.17, 15) is 4.79 Å². The van der Waals surface area contributed by atoms with Gasteiger partial charge in [-0.3, -0.25) is 4.79 Å². The van der Waals surface area contributed by atoms with E-state index in [4.69, 9.17) is 4.74 Å². The predicted molar refractivity (Wildman–Crippen MR) is 169 cm³/mol. The summed E-state index contributed by atoms with van der Waals surface area (Å²) < 4.78 is 5.70. The molecule has 0 aromatic rings. The monoisotopic (exact) mass is 555 g/mol. The van der Waals surface area contributed by atoms with Crippen LogP contribution in [0.15, 0.2) is 70.2 Å². The van der Waals surface area contributed by atoms with Crippen molar-refractivity contribution in [1.82, 2.24) is 14.7 Å². The van der Waals surface area contributed by atoms with Crippen molar-refractivity contribution in [2.45, 2.75) is 98.2 Å². The van der Waals surface area contributed by atoms with E-state index in [1.807, 2.05) is 25.6 Å². The molecule has 0 N–H and O–H groups in total. The SMILES string of the molecule is C/C=C(/C)C=CC/C(=C(\C)SC)N(C1=CC=CCC(OC)=C1)C1CC2CCC(C1)N2C.CCN(CC)C(C)=O. The Labute approximate surface area is 243 Å². The van der Waals surface area contributed by atoms with Gasteiger partial charge in [-0.1, -0.05) is 36.0 Å². The first-order chi connectivity index (χ1) is 18.7. The second-order valence-corrected chi connectivity index (χ2v) is 11.6. The van der Waals surface area contributed by atoms with Crippen LogP contribution in [-0.2, 0) is 9.53 Å². The van der Waals surface area contributed by atoms with Crippen LogP contribution in [0, 0.1) is 0 Å². The van der Waals surface area contributed by atoms with Gasteiger partial charge in [-0.15, -0.1) is 11.8 Å². The summed E-state index contributed by atoms with van der Waals surface area (Å²) in [6.45, 7) is 13.7. The third kappa shape index (κ3) is 9.46. The Morgan fingerprint density at radius 1 is 1.15 bits per heavy atom. The van der Waals surface area contributed by atoms with Crippen molar-refractivity contribution in [2.75, 3.05) is 33.5 Å². The van der Waals surface area contributed by atoms with Crippen molar-refractivity contribution in [3.05, 3.63) is 70.2 Å². The van der Waals surface area contributed by atoms with Gasteiger partial charge in [0, 0.05) is 67.3 Å². The highest BCUT2D eigenvalue weighted by Crippen LogP contribution is 2.41. The van der Waals surface area contributed by atoms with Crippen molar-refractivity contribution >= 4 is 17.7 Å². The zero-order valence-corrected chi connectivity index (χ0v) is 26.8. The lowest BCUT2D eigenvalue weighted by molar-refractivity contribution is -0.128. The fraction of sp³-hybridized carbons (Fsp3) is 0.606. The topological polar surface area (TPSA) is 36.0 Å². The van der Waals surface area contributed by atoms with Crippen LogP contribution in [0.25, 0.3) is 0 Å². The molecule has 5 nitrogen and oxygen atoms in total. The van der Waals surface area contributed by atoms with Crippen LogP contribution < -0.4 is 0 Å². The lowest BCUT2D eigenvalue weighted by Crippen LogP contribution is -2.48. The summed E-state index contributed by atoms with van der Waals surface area (Å²) in [6, 6.07) is 1.93. The molecular formula is C33H53N3O2S. The molecule has 0 aromatic heterocycles. The molecule has 0 saturated carbocycles. The minimum absolute atomic E-state index is 0.162. The van der Waals surface area contributed by atoms with Crippen LogP contribution in [0.2, 0.25) is 0 Å². The van der Waals surface area contributed by atoms with Gasteiger partial charge in [0.1, 0.15) is 5.76 Å². The molecule has 2 aliphatic heterocycles. The summed E-state index contributed by atoms with van der Waals surface area (Å²) in [4.78, 5) is 19.0. The summed E-state index contributed by atoms with van der Waals surface area (Å²) in [5.41, 5.74) is 4.00. The van der Waals surface area contributed by atoms with Crippen LogP contribution in [0.4, 0.5) is 0 Å². The number of nitrogens with zero attached hydrogens (tertiary/aromatic N) is 3. The number of ether oxygens (including phenoxy) is 1. The fourth-order valence-corrected chi connectivity index (χ4v) is 6.16. The molecular weight excluding hydrogens is 502 g/mol. The summed E-state index contributed by atoms with van der Waals surface area (Å²) in [5, 5.41) is 0. The van der Waals surface area contributed by atoms with Crippen molar-refractivity contribution in [3.8, 4) is 0 Å². The molecule has 2 unspecified atom stereocenters. The number of thioether (sulfide) groups is 1. The molecule has 2 fully saturated rings. The molecule has 6 heteroatoms. The van der Waals surface area contributed by atoms with Gasteiger partial charge >= 0.3 is 0 Å². The second kappa shape index (κ2) is 16.8. The molecule has 0 spiro atoms. The van der Waals surface area contributed by atoms with Gasteiger partial charge in [0.05, 0.1) is 7.11 Å². The van der Waals surface area contributed by atoms with Gasteiger partial charge in [0.2, 0.25) is 5.91 Å². The van der Waals surface area contributed by atoms with Gasteiger partial charge in [-0.25, -0.2) is 0 Å². The lowest BCUT2D eigenvalue weighted by atomic mass is 9.94. The zero-order chi connectivity index (χ0) is 28.9. The van der Waals surface area contributed by atoms with Crippen molar-refractivity contribution in [2.24, 2.45) is 0 Å². The van der Waals surface area contributed by atoms with Crippen LogP contribution in [0.3, 0.4) is 0 Å². The standard InChI is InChI=1S/C27H40N2OS.C6H13NO/c1-7-20(2)11-10-14-27(21(3)31-6)29(24-12-8-9-13-26(19-24)30-5)25-17-22-15-16-23(18-25)28(22)4;1-4-7(5-2)6(3)8/h7-12,19,22-23,25H,13-18H2,1-6H3;4-5H2,1-3H3/b11-10?,20-7-,27-21-;. The Hall–Kier alpha value is -2.18. The molecule has 39 heavy (non-hydrogen) atoms. The van der Waals surface area contributed by atoms with E-state index in [2.05, 4.69) is 86.4 Å². The highest BCUT2D eigenvalue weighted by atomic mass is 32.2. The number of fused-ring (bicyclic) bond motifs is 2. The van der Waals surface area contributed by atoms with Crippen LogP contribution in [-0.4, -0.2) is 72.2 Å². The van der Waals surface area contributed by atoms with Crippen molar-refractivity contribution < 1.29 is 9.53 Å². The average molecular weight is 556 g/mol. The first-order valence-electron chi connectivity index (χ1n) is 14.6. The minimum atomic E-state index is 0.162. The molecule has 1 aliphatic carbocycles. The number of carbonyl (C=O) groups excluding carboxylic acids is 1. The van der Waals surface area contributed by atoms with Crippen LogP contribution in [0.5, 0.6) is 0 Å². The first kappa shape index (κ1) is 33.0. The van der Waals surface area contributed by atoms with E-state index in [-0.39, 0.29) is 5.91 Å². The third-order valence-corrected chi connectivity index (χ3v) is 9.22. The Balaban J connectivity index is 0.000000580. The fourth-order valence-electron chi connectivity index (χ4n) is 5.75. The normalized spacial score (nSPS) is 23.8. The molecule has 0 radical (unpaired) electrons. The Kier molecular flexibility index (Phi) is 14.2. The molecule has 0 aromatic carbocycles. The highest BCUT2D eigenvalue weighted by Gasteiger charge is 2.41. The Bertz CT molecular complexity index is 973. The highest BCUT2D eigenvalue weighted by molar-refractivity contribution is 8.02. The van der Waals surface area contributed by atoms with Crippen molar-refractivity contribution in [1.29, 1.82) is 0 Å². The maximum atomic E-state index is 10.5. The summed E-state index contributed by atoms with van der Waals surface area (Å²) >= 11 is 1.87. The quantitative estimate of drug-likeness (QED) is 0.259. The van der Waals surface area contributed by atoms with Crippen molar-refractivity contribution in [3.63, 3.8) is 0 Å². The number of hydrogen-bond acceptors (Lipinski definition) is 5. The molecule has 1 amide bonds. The van der Waals surface area contributed by atoms with Gasteiger partial charge in [0.15, 0.2) is 0 Å². The number of rotatable bonds is 10. The van der Waals surface area contributed by atoms with E-state index in [0.29, 0.717) is 18.1 Å². The number of methoxy groups -OCH3 is 1. The van der Waals surface area contributed by atoms with Gasteiger partial charge in [-0.05, 0) is 85.8 Å². The number of carbonyl (C=O) groups is 1. The van der Waals surface area contributed by atoms with E-state index >= 15 is 0 Å². The van der Waals surface area contributed by atoms with E-state index in [1.165, 1.54) is 47.6 Å². The summed E-state index contributed by atoms with van der Waals surface area (Å²) in [5.74, 6) is 1.19. The molecule has 2 heterocycles. The molecule has 3 aliphatic rings. The largest absolute Gasteiger partial charge is 0.501 e. The third-order valence-electron chi connectivity index (χ3n) is 8.37. The van der Waals surface area contributed by atoms with E-state index < -0.39 is 0 Å². The number of allylic oxidation sites excluding steroid dienone is 9. The molecule has 218 valence electrons. The first-order valence-corrected chi connectivity index (χ1v) is 15.8. The smallest absolute Gasteiger partial charge is 0.219 e. The Morgan fingerprint density at radius 3 is 2.28 bits per heavy atom. The lowest BCUT2D eigenvalue weighted by Gasteiger charge is -2.44. The summed E-state index contributed by atoms with van der Waals surface area (Å²) in [7, 11) is 4.11. The van der Waals surface area contributed by atoms with E-state index in [1.54, 1.807) is 18.9 Å². The maximum Gasteiger partial charge on any atom is 0.219 e.